The normalized spacial score (nSPS) is 11.2. The number of carbonyl (C=O) groups is 1. The van der Waals surface area contributed by atoms with Crippen LogP contribution in [-0.2, 0) is 0 Å². The molecule has 2 rings (SSSR count). The van der Waals surface area contributed by atoms with Crippen LogP contribution in [0.15, 0.2) is 45.3 Å². The molecular weight excluding hydrogens is 358 g/mol. The highest BCUT2D eigenvalue weighted by atomic mass is 79.9. The van der Waals surface area contributed by atoms with Gasteiger partial charge in [0.15, 0.2) is 0 Å². The molecule has 2 aromatic rings. The number of non-ortho nitro benzene ring substituents is 1. The third-order valence-electron chi connectivity index (χ3n) is 2.60. The molecule has 1 heterocycles. The summed E-state index contributed by atoms with van der Waals surface area (Å²) in [4.78, 5) is 22.8. The predicted octanol–water partition coefficient (Wildman–Crippen LogP) is 3.57. The van der Waals surface area contributed by atoms with Gasteiger partial charge in [-0.05, 0) is 47.1 Å². The fraction of sp³-hybridized carbons (Fsp3) is 0.0769. The van der Waals surface area contributed by atoms with Gasteiger partial charge >= 0.3 is 0 Å². The molecule has 0 saturated carbocycles. The number of thiophene rings is 1. The van der Waals surface area contributed by atoms with Crippen molar-refractivity contribution in [3.63, 3.8) is 0 Å². The van der Waals surface area contributed by atoms with Crippen LogP contribution >= 0.6 is 27.3 Å². The summed E-state index contributed by atoms with van der Waals surface area (Å²) in [7, 11) is 0. The standard InChI is InChI=1S/C13H10BrN3O3S/c1-8(11-6-7-12(14)21-11)15-16-13(18)9-2-4-10(5-3-9)17(19)20/h2-7H,1H3,(H,16,18)/b15-8+. The number of nitro groups is 1. The summed E-state index contributed by atoms with van der Waals surface area (Å²) in [5.41, 5.74) is 3.36. The summed E-state index contributed by atoms with van der Waals surface area (Å²) in [6.07, 6.45) is 0. The lowest BCUT2D eigenvalue weighted by Gasteiger charge is -2.01. The average molecular weight is 368 g/mol. The van der Waals surface area contributed by atoms with Gasteiger partial charge in [-0.3, -0.25) is 14.9 Å². The first-order valence-corrected chi connectivity index (χ1v) is 7.43. The van der Waals surface area contributed by atoms with Crippen LogP contribution in [0.4, 0.5) is 5.69 Å². The van der Waals surface area contributed by atoms with Crippen molar-refractivity contribution in [3.05, 3.63) is 60.7 Å². The third kappa shape index (κ3) is 3.96. The quantitative estimate of drug-likeness (QED) is 0.509. The molecule has 0 unspecified atom stereocenters. The van der Waals surface area contributed by atoms with E-state index in [1.165, 1.54) is 35.6 Å². The van der Waals surface area contributed by atoms with Crippen LogP contribution < -0.4 is 5.43 Å². The van der Waals surface area contributed by atoms with E-state index >= 15 is 0 Å². The number of benzene rings is 1. The fourth-order valence-corrected chi connectivity index (χ4v) is 2.83. The first-order chi connectivity index (χ1) is 9.97. The zero-order valence-corrected chi connectivity index (χ0v) is 13.3. The van der Waals surface area contributed by atoms with Crippen LogP contribution in [0.1, 0.15) is 22.2 Å². The van der Waals surface area contributed by atoms with Gasteiger partial charge in [-0.1, -0.05) is 0 Å². The van der Waals surface area contributed by atoms with Gasteiger partial charge in [0.25, 0.3) is 11.6 Å². The smallest absolute Gasteiger partial charge is 0.267 e. The summed E-state index contributed by atoms with van der Waals surface area (Å²) in [6, 6.07) is 9.13. The van der Waals surface area contributed by atoms with E-state index in [0.29, 0.717) is 11.3 Å². The number of carbonyl (C=O) groups excluding carboxylic acids is 1. The molecule has 6 nitrogen and oxygen atoms in total. The number of nitrogens with one attached hydrogen (secondary N) is 1. The minimum Gasteiger partial charge on any atom is -0.267 e. The topological polar surface area (TPSA) is 84.6 Å². The van der Waals surface area contributed by atoms with Gasteiger partial charge in [-0.25, -0.2) is 5.43 Å². The van der Waals surface area contributed by atoms with Crippen LogP contribution in [0.3, 0.4) is 0 Å². The molecule has 0 spiro atoms. The Kier molecular flexibility index (Phi) is 4.81. The van der Waals surface area contributed by atoms with Crippen LogP contribution in [0.2, 0.25) is 0 Å². The molecule has 21 heavy (non-hydrogen) atoms. The second kappa shape index (κ2) is 6.59. The van der Waals surface area contributed by atoms with E-state index in [-0.39, 0.29) is 5.69 Å². The minimum absolute atomic E-state index is 0.0605. The minimum atomic E-state index is -0.515. The number of hydrogen-bond acceptors (Lipinski definition) is 5. The Morgan fingerprint density at radius 1 is 1.29 bits per heavy atom. The molecule has 0 bridgehead atoms. The van der Waals surface area contributed by atoms with Crippen molar-refractivity contribution in [2.24, 2.45) is 5.10 Å². The Bertz CT molecular complexity index is 710. The molecule has 0 aliphatic carbocycles. The Labute approximate surface area is 132 Å². The van der Waals surface area contributed by atoms with Crippen molar-refractivity contribution in [1.29, 1.82) is 0 Å². The first-order valence-electron chi connectivity index (χ1n) is 5.82. The summed E-state index contributed by atoms with van der Waals surface area (Å²) in [5, 5.41) is 14.6. The lowest BCUT2D eigenvalue weighted by molar-refractivity contribution is -0.384. The Hall–Kier alpha value is -2.06. The van der Waals surface area contributed by atoms with Crippen molar-refractivity contribution in [3.8, 4) is 0 Å². The Balaban J connectivity index is 2.06. The van der Waals surface area contributed by atoms with Crippen molar-refractivity contribution >= 4 is 44.6 Å². The summed E-state index contributed by atoms with van der Waals surface area (Å²) < 4.78 is 0.980. The van der Waals surface area contributed by atoms with Gasteiger partial charge in [0.05, 0.1) is 19.3 Å². The van der Waals surface area contributed by atoms with Crippen LogP contribution in [-0.4, -0.2) is 16.5 Å². The van der Waals surface area contributed by atoms with Gasteiger partial charge in [0.1, 0.15) is 0 Å². The molecule has 8 heteroatoms. The van der Waals surface area contributed by atoms with E-state index in [1.807, 2.05) is 12.1 Å². The Morgan fingerprint density at radius 3 is 2.48 bits per heavy atom. The molecule has 0 aliphatic heterocycles. The molecule has 0 aliphatic rings. The molecule has 1 aromatic carbocycles. The van der Waals surface area contributed by atoms with E-state index in [0.717, 1.165) is 8.66 Å². The predicted molar refractivity (Wildman–Crippen MR) is 84.8 cm³/mol. The second-order valence-corrected chi connectivity index (χ2v) is 6.51. The van der Waals surface area contributed by atoms with E-state index in [2.05, 4.69) is 26.5 Å². The lowest BCUT2D eigenvalue weighted by atomic mass is 10.2. The average Bonchev–Trinajstić information content (AvgIpc) is 2.91. The second-order valence-electron chi connectivity index (χ2n) is 4.05. The van der Waals surface area contributed by atoms with E-state index in [4.69, 9.17) is 0 Å². The highest BCUT2D eigenvalue weighted by Crippen LogP contribution is 2.22. The zero-order chi connectivity index (χ0) is 15.4. The molecule has 0 radical (unpaired) electrons. The van der Waals surface area contributed by atoms with Gasteiger partial charge < -0.3 is 0 Å². The Morgan fingerprint density at radius 2 is 1.95 bits per heavy atom. The molecule has 0 atom stereocenters. The largest absolute Gasteiger partial charge is 0.271 e. The number of hydrogen-bond donors (Lipinski definition) is 1. The van der Waals surface area contributed by atoms with E-state index in [9.17, 15) is 14.9 Å². The molecule has 1 amide bonds. The molecule has 0 saturated heterocycles. The first kappa shape index (κ1) is 15.3. The number of hydrazone groups is 1. The highest BCUT2D eigenvalue weighted by Gasteiger charge is 2.09. The van der Waals surface area contributed by atoms with Crippen molar-refractivity contribution in [1.82, 2.24) is 5.43 Å². The maximum absolute atomic E-state index is 11.9. The number of halogens is 1. The summed E-state index contributed by atoms with van der Waals surface area (Å²) >= 11 is 4.86. The monoisotopic (exact) mass is 367 g/mol. The number of rotatable bonds is 4. The van der Waals surface area contributed by atoms with Crippen LogP contribution in [0.5, 0.6) is 0 Å². The fourth-order valence-electron chi connectivity index (χ4n) is 1.50. The molecule has 1 aromatic heterocycles. The molecular formula is C13H10BrN3O3S. The van der Waals surface area contributed by atoms with E-state index in [1.54, 1.807) is 6.92 Å². The third-order valence-corrected chi connectivity index (χ3v) is 4.33. The van der Waals surface area contributed by atoms with Crippen LogP contribution in [0, 0.1) is 10.1 Å². The van der Waals surface area contributed by atoms with Crippen molar-refractivity contribution < 1.29 is 9.72 Å². The summed E-state index contributed by atoms with van der Waals surface area (Å²) in [6.45, 7) is 1.79. The maximum Gasteiger partial charge on any atom is 0.271 e. The van der Waals surface area contributed by atoms with Crippen molar-refractivity contribution in [2.75, 3.05) is 0 Å². The maximum atomic E-state index is 11.9. The van der Waals surface area contributed by atoms with Gasteiger partial charge in [0, 0.05) is 17.7 Å². The van der Waals surface area contributed by atoms with E-state index < -0.39 is 10.8 Å². The lowest BCUT2D eigenvalue weighted by Crippen LogP contribution is -2.19. The molecule has 1 N–H and O–H groups in total. The molecule has 0 fully saturated rings. The number of nitro benzene ring substituents is 1. The molecule has 108 valence electrons. The van der Waals surface area contributed by atoms with Gasteiger partial charge in [0.2, 0.25) is 0 Å². The highest BCUT2D eigenvalue weighted by molar-refractivity contribution is 9.11. The van der Waals surface area contributed by atoms with Crippen LogP contribution in [0.25, 0.3) is 0 Å². The van der Waals surface area contributed by atoms with Gasteiger partial charge in [-0.2, -0.15) is 5.10 Å². The van der Waals surface area contributed by atoms with Gasteiger partial charge in [-0.15, -0.1) is 11.3 Å². The SMILES string of the molecule is C/C(=N\NC(=O)c1ccc([N+](=O)[O-])cc1)c1ccc(Br)s1. The van der Waals surface area contributed by atoms with Crippen molar-refractivity contribution in [2.45, 2.75) is 6.92 Å². The zero-order valence-electron chi connectivity index (χ0n) is 10.9. The number of nitrogens with zero attached hydrogens (tertiary/aromatic N) is 2. The number of amides is 1. The summed E-state index contributed by atoms with van der Waals surface area (Å²) in [5.74, 6) is -0.417.